The van der Waals surface area contributed by atoms with E-state index in [2.05, 4.69) is 16.4 Å². The van der Waals surface area contributed by atoms with Gasteiger partial charge in [0, 0.05) is 12.3 Å². The molecule has 0 atom stereocenters. The first-order valence-corrected chi connectivity index (χ1v) is 6.91. The Morgan fingerprint density at radius 3 is 2.76 bits per heavy atom. The van der Waals surface area contributed by atoms with E-state index in [1.807, 2.05) is 0 Å². The van der Waals surface area contributed by atoms with E-state index in [-0.39, 0.29) is 6.03 Å². The highest BCUT2D eigenvalue weighted by Crippen LogP contribution is 2.20. The number of hydrogen-bond donors (Lipinski definition) is 1. The minimum atomic E-state index is -0.150. The highest BCUT2D eigenvalue weighted by atomic mass is 16.2. The molecule has 94 valence electrons. The minimum absolute atomic E-state index is 0.150. The monoisotopic (exact) mass is 234 g/mol. The third-order valence-electron chi connectivity index (χ3n) is 3.51. The molecule has 0 saturated carbocycles. The molecule has 0 spiro atoms. The smallest absolute Gasteiger partial charge is 0.336 e. The van der Waals surface area contributed by atoms with Crippen LogP contribution in [0.1, 0.15) is 57.8 Å². The number of urea groups is 1. The summed E-state index contributed by atoms with van der Waals surface area (Å²) in [4.78, 5) is 15.7. The van der Waals surface area contributed by atoms with E-state index in [0.717, 1.165) is 44.4 Å². The Morgan fingerprint density at radius 2 is 1.82 bits per heavy atom. The molecule has 0 radical (unpaired) electrons. The molecule has 17 heavy (non-hydrogen) atoms. The van der Waals surface area contributed by atoms with Crippen LogP contribution in [0.2, 0.25) is 0 Å². The van der Waals surface area contributed by atoms with Crippen LogP contribution in [0.3, 0.4) is 0 Å². The summed E-state index contributed by atoms with van der Waals surface area (Å²) in [5, 5.41) is 2.83. The third-order valence-corrected chi connectivity index (χ3v) is 3.51. The van der Waals surface area contributed by atoms with Crippen LogP contribution in [-0.4, -0.2) is 18.3 Å². The fourth-order valence-corrected chi connectivity index (χ4v) is 2.52. The lowest BCUT2D eigenvalue weighted by atomic mass is 9.94. The predicted molar refractivity (Wildman–Crippen MR) is 70.5 cm³/mol. The van der Waals surface area contributed by atoms with Gasteiger partial charge < -0.3 is 5.32 Å². The summed E-state index contributed by atoms with van der Waals surface area (Å²) < 4.78 is 0. The average molecular weight is 234 g/mol. The standard InChI is InChI=1S/C14H22N2O/c17-14-15-11-7-6-10-13(16-14)12-8-4-2-1-3-5-9-12/h8H,1-7,9-11H2,(H,15,17)/b12-8+,16-13+. The van der Waals surface area contributed by atoms with Crippen LogP contribution >= 0.6 is 0 Å². The van der Waals surface area contributed by atoms with Crippen LogP contribution in [0, 0.1) is 0 Å². The molecule has 0 bridgehead atoms. The van der Waals surface area contributed by atoms with Gasteiger partial charge >= 0.3 is 6.03 Å². The molecule has 3 nitrogen and oxygen atoms in total. The van der Waals surface area contributed by atoms with E-state index in [9.17, 15) is 4.79 Å². The molecule has 0 aromatic carbocycles. The predicted octanol–water partition coefficient (Wildman–Crippen LogP) is 3.60. The van der Waals surface area contributed by atoms with Crippen molar-refractivity contribution in [2.75, 3.05) is 6.54 Å². The first-order valence-electron chi connectivity index (χ1n) is 6.91. The molecule has 3 heteroatoms. The summed E-state index contributed by atoms with van der Waals surface area (Å²) >= 11 is 0. The van der Waals surface area contributed by atoms with E-state index in [1.165, 1.54) is 31.3 Å². The minimum Gasteiger partial charge on any atom is -0.336 e. The van der Waals surface area contributed by atoms with Gasteiger partial charge in [0.05, 0.1) is 0 Å². The fourth-order valence-electron chi connectivity index (χ4n) is 2.52. The zero-order valence-electron chi connectivity index (χ0n) is 10.5. The summed E-state index contributed by atoms with van der Waals surface area (Å²) in [6.07, 6.45) is 12.9. The lowest BCUT2D eigenvalue weighted by Gasteiger charge is -2.16. The largest absolute Gasteiger partial charge is 0.341 e. The first-order chi connectivity index (χ1) is 8.36. The van der Waals surface area contributed by atoms with Gasteiger partial charge in [-0.1, -0.05) is 18.9 Å². The molecule has 1 N–H and O–H groups in total. The molecule has 0 unspecified atom stereocenters. The maximum Gasteiger partial charge on any atom is 0.341 e. The van der Waals surface area contributed by atoms with Crippen molar-refractivity contribution < 1.29 is 4.79 Å². The van der Waals surface area contributed by atoms with Crippen molar-refractivity contribution in [3.63, 3.8) is 0 Å². The van der Waals surface area contributed by atoms with Gasteiger partial charge in [-0.3, -0.25) is 0 Å². The van der Waals surface area contributed by atoms with Crippen molar-refractivity contribution in [1.29, 1.82) is 0 Å². The molecule has 1 aliphatic heterocycles. The maximum absolute atomic E-state index is 11.5. The summed E-state index contributed by atoms with van der Waals surface area (Å²) in [5.41, 5.74) is 2.38. The van der Waals surface area contributed by atoms with Crippen molar-refractivity contribution in [2.24, 2.45) is 4.99 Å². The second-order valence-corrected chi connectivity index (χ2v) is 4.93. The number of rotatable bonds is 1. The van der Waals surface area contributed by atoms with E-state index in [4.69, 9.17) is 0 Å². The van der Waals surface area contributed by atoms with E-state index in [1.54, 1.807) is 0 Å². The fraction of sp³-hybridized carbons (Fsp3) is 0.714. The van der Waals surface area contributed by atoms with Crippen LogP contribution in [0.4, 0.5) is 4.79 Å². The molecule has 2 aliphatic rings. The highest BCUT2D eigenvalue weighted by Gasteiger charge is 2.13. The normalized spacial score (nSPS) is 29.5. The van der Waals surface area contributed by atoms with Gasteiger partial charge in [-0.05, 0) is 50.5 Å². The van der Waals surface area contributed by atoms with Gasteiger partial charge in [0.2, 0.25) is 0 Å². The van der Waals surface area contributed by atoms with Crippen LogP contribution in [-0.2, 0) is 0 Å². The molecular weight excluding hydrogens is 212 g/mol. The van der Waals surface area contributed by atoms with Crippen molar-refractivity contribution in [3.05, 3.63) is 11.6 Å². The van der Waals surface area contributed by atoms with Crippen molar-refractivity contribution in [1.82, 2.24) is 5.32 Å². The van der Waals surface area contributed by atoms with E-state index < -0.39 is 0 Å². The van der Waals surface area contributed by atoms with Crippen molar-refractivity contribution in [3.8, 4) is 0 Å². The Kier molecular flexibility index (Phi) is 4.77. The average Bonchev–Trinajstić information content (AvgIpc) is 2.23. The van der Waals surface area contributed by atoms with Gasteiger partial charge in [-0.2, -0.15) is 4.99 Å². The molecule has 1 aliphatic carbocycles. The summed E-state index contributed by atoms with van der Waals surface area (Å²) in [6, 6.07) is -0.150. The van der Waals surface area contributed by atoms with Gasteiger partial charge in [-0.15, -0.1) is 0 Å². The van der Waals surface area contributed by atoms with Crippen molar-refractivity contribution in [2.45, 2.75) is 57.8 Å². The molecule has 0 aromatic rings. The Balaban J connectivity index is 2.10. The van der Waals surface area contributed by atoms with Crippen LogP contribution in [0.5, 0.6) is 0 Å². The Labute approximate surface area is 103 Å². The first kappa shape index (κ1) is 12.3. The van der Waals surface area contributed by atoms with Gasteiger partial charge in [-0.25, -0.2) is 4.79 Å². The number of carbonyl (C=O) groups is 1. The van der Waals surface area contributed by atoms with Crippen LogP contribution in [0.15, 0.2) is 16.6 Å². The highest BCUT2D eigenvalue weighted by molar-refractivity contribution is 6.05. The summed E-state index contributed by atoms with van der Waals surface area (Å²) in [5.74, 6) is 0. The SMILES string of the molecule is O=C1/N=C(/C2=C/CCCCCC2)CCCCN1. The molecule has 0 aromatic heterocycles. The quantitative estimate of drug-likeness (QED) is 0.740. The van der Waals surface area contributed by atoms with Crippen molar-refractivity contribution >= 4 is 11.7 Å². The Bertz CT molecular complexity index is 331. The Hall–Kier alpha value is -1.12. The molecule has 1 heterocycles. The lowest BCUT2D eigenvalue weighted by Crippen LogP contribution is -2.25. The molecular formula is C14H22N2O. The molecule has 0 fully saturated rings. The van der Waals surface area contributed by atoms with Gasteiger partial charge in [0.15, 0.2) is 0 Å². The topological polar surface area (TPSA) is 41.5 Å². The number of nitrogens with one attached hydrogen (secondary N) is 1. The number of amides is 2. The number of nitrogens with zero attached hydrogens (tertiary/aromatic N) is 1. The van der Waals surface area contributed by atoms with E-state index in [0.29, 0.717) is 0 Å². The number of aliphatic imine (C=N–C) groups is 1. The molecule has 0 saturated heterocycles. The van der Waals surface area contributed by atoms with Crippen LogP contribution < -0.4 is 5.32 Å². The Morgan fingerprint density at radius 1 is 1.00 bits per heavy atom. The second kappa shape index (κ2) is 6.58. The van der Waals surface area contributed by atoms with Gasteiger partial charge in [0.1, 0.15) is 0 Å². The zero-order valence-corrected chi connectivity index (χ0v) is 10.5. The summed E-state index contributed by atoms with van der Waals surface area (Å²) in [7, 11) is 0. The van der Waals surface area contributed by atoms with E-state index >= 15 is 0 Å². The maximum atomic E-state index is 11.5. The number of allylic oxidation sites excluding steroid dienone is 2. The molecule has 2 amide bonds. The zero-order chi connectivity index (χ0) is 11.9. The third kappa shape index (κ3) is 3.99. The second-order valence-electron chi connectivity index (χ2n) is 4.93. The number of hydrogen-bond acceptors (Lipinski definition) is 1. The summed E-state index contributed by atoms with van der Waals surface area (Å²) in [6.45, 7) is 0.772. The lowest BCUT2D eigenvalue weighted by molar-refractivity contribution is 0.248. The van der Waals surface area contributed by atoms with Gasteiger partial charge in [0.25, 0.3) is 0 Å². The molecule has 2 rings (SSSR count). The van der Waals surface area contributed by atoms with Crippen LogP contribution in [0.25, 0.3) is 0 Å². The number of carbonyl (C=O) groups excluding carboxylic acids is 1.